The predicted molar refractivity (Wildman–Crippen MR) is 117 cm³/mol. The number of halogens is 4. The van der Waals surface area contributed by atoms with Gasteiger partial charge in [-0.05, 0) is 29.3 Å². The van der Waals surface area contributed by atoms with E-state index >= 15 is 0 Å². The number of hydrogen-bond donors (Lipinski definition) is 3. The highest BCUT2D eigenvalue weighted by Crippen LogP contribution is 2.27. The van der Waals surface area contributed by atoms with Crippen LogP contribution in [0.15, 0.2) is 36.4 Å². The van der Waals surface area contributed by atoms with Crippen molar-refractivity contribution in [2.24, 2.45) is 0 Å². The Hall–Kier alpha value is -4.43. The number of rotatable bonds is 10. The number of nitrogens with one attached hydrogen (secondary N) is 2. The molecule has 0 radical (unpaired) electrons. The number of aromatic hydroxyl groups is 1. The van der Waals surface area contributed by atoms with Gasteiger partial charge in [0.1, 0.15) is 12.1 Å². The van der Waals surface area contributed by atoms with Gasteiger partial charge >= 0.3 is 23.7 Å². The third-order valence-corrected chi connectivity index (χ3v) is 5.01. The van der Waals surface area contributed by atoms with E-state index in [1.165, 1.54) is 24.6 Å². The molecule has 0 saturated carbocycles. The number of methoxy groups -OCH3 is 2. The molecular formula is C22H21F4N3O8. The van der Waals surface area contributed by atoms with Crippen LogP contribution in [0.4, 0.5) is 23.2 Å². The van der Waals surface area contributed by atoms with Crippen LogP contribution >= 0.6 is 0 Å². The molecule has 2 aromatic rings. The van der Waals surface area contributed by atoms with Crippen molar-refractivity contribution in [3.8, 4) is 11.5 Å². The van der Waals surface area contributed by atoms with Crippen LogP contribution in [0.2, 0.25) is 0 Å². The van der Waals surface area contributed by atoms with Crippen LogP contribution in [-0.4, -0.2) is 60.3 Å². The molecule has 37 heavy (non-hydrogen) atoms. The van der Waals surface area contributed by atoms with Crippen LogP contribution in [0.5, 0.6) is 11.5 Å². The number of alkyl halides is 3. The number of hydrogen-bond acceptors (Lipinski definition) is 8. The second-order valence-corrected chi connectivity index (χ2v) is 7.57. The lowest BCUT2D eigenvalue weighted by molar-refractivity contribution is -0.387. The largest absolute Gasteiger partial charge is 0.504 e. The van der Waals surface area contributed by atoms with Crippen molar-refractivity contribution in [3.05, 3.63) is 63.5 Å². The Labute approximate surface area is 206 Å². The van der Waals surface area contributed by atoms with Crippen molar-refractivity contribution in [3.63, 3.8) is 0 Å². The molecule has 2 amide bonds. The lowest BCUT2D eigenvalue weighted by atomic mass is 10.0. The zero-order valence-corrected chi connectivity index (χ0v) is 19.3. The number of carbonyl (C=O) groups excluding carboxylic acids is 3. The molecule has 0 aliphatic rings. The monoisotopic (exact) mass is 531 g/mol. The molecule has 15 heteroatoms. The first-order valence-electron chi connectivity index (χ1n) is 10.3. The van der Waals surface area contributed by atoms with Crippen molar-refractivity contribution >= 4 is 23.5 Å². The Morgan fingerprint density at radius 1 is 1.03 bits per heavy atom. The molecule has 0 bridgehead atoms. The van der Waals surface area contributed by atoms with Crippen LogP contribution in [-0.2, 0) is 32.0 Å². The van der Waals surface area contributed by atoms with Gasteiger partial charge in [-0.15, -0.1) is 0 Å². The Morgan fingerprint density at radius 2 is 1.62 bits per heavy atom. The Kier molecular flexibility index (Phi) is 9.35. The number of carbonyl (C=O) groups is 3. The van der Waals surface area contributed by atoms with Crippen LogP contribution in [0.3, 0.4) is 0 Å². The summed E-state index contributed by atoms with van der Waals surface area (Å²) in [6.07, 6.45) is -6.33. The number of nitro benzene ring substituents is 1. The van der Waals surface area contributed by atoms with E-state index in [0.717, 1.165) is 31.4 Å². The first-order chi connectivity index (χ1) is 17.3. The molecule has 3 N–H and O–H groups in total. The van der Waals surface area contributed by atoms with Crippen LogP contribution in [0, 0.1) is 15.9 Å². The summed E-state index contributed by atoms with van der Waals surface area (Å²) >= 11 is 0. The molecule has 0 aliphatic heterocycles. The SMILES string of the molecule is COC(=O)[C@@H](Cc1ccc(F)c([N+](=O)[O-])c1)NC(=O)[C@@H](Cc1ccc(OC)c(O)c1)NC(=O)C(F)(F)F. The molecule has 0 fully saturated rings. The fourth-order valence-corrected chi connectivity index (χ4v) is 3.22. The van der Waals surface area contributed by atoms with Gasteiger partial charge in [-0.1, -0.05) is 12.1 Å². The Morgan fingerprint density at radius 3 is 2.16 bits per heavy atom. The smallest absolute Gasteiger partial charge is 0.471 e. The summed E-state index contributed by atoms with van der Waals surface area (Å²) in [7, 11) is 2.22. The normalized spacial score (nSPS) is 12.7. The minimum atomic E-state index is -5.34. The average Bonchev–Trinajstić information content (AvgIpc) is 2.83. The average molecular weight is 531 g/mol. The van der Waals surface area contributed by atoms with Crippen molar-refractivity contribution in [1.82, 2.24) is 10.6 Å². The third-order valence-electron chi connectivity index (χ3n) is 5.01. The van der Waals surface area contributed by atoms with Crippen molar-refractivity contribution < 1.29 is 51.4 Å². The van der Waals surface area contributed by atoms with Crippen LogP contribution in [0.1, 0.15) is 11.1 Å². The molecule has 2 aromatic carbocycles. The highest BCUT2D eigenvalue weighted by atomic mass is 19.4. The molecular weight excluding hydrogens is 510 g/mol. The van der Waals surface area contributed by atoms with Crippen molar-refractivity contribution in [2.75, 3.05) is 14.2 Å². The van der Waals surface area contributed by atoms with E-state index in [2.05, 4.69) is 10.1 Å². The summed E-state index contributed by atoms with van der Waals surface area (Å²) in [5.74, 6) is -6.22. The molecule has 0 saturated heterocycles. The number of benzene rings is 2. The van der Waals surface area contributed by atoms with Gasteiger partial charge in [0, 0.05) is 18.9 Å². The molecule has 0 heterocycles. The lowest BCUT2D eigenvalue weighted by Crippen LogP contribution is -2.55. The van der Waals surface area contributed by atoms with E-state index in [0.29, 0.717) is 0 Å². The quantitative estimate of drug-likeness (QED) is 0.182. The highest BCUT2D eigenvalue weighted by Gasteiger charge is 2.41. The number of nitro groups is 1. The Balaban J connectivity index is 2.34. The van der Waals surface area contributed by atoms with Gasteiger partial charge in [0.15, 0.2) is 11.5 Å². The number of amides is 2. The van der Waals surface area contributed by atoms with E-state index in [9.17, 15) is 47.2 Å². The molecule has 2 rings (SSSR count). The molecule has 0 spiro atoms. The minimum absolute atomic E-state index is 0.0275. The van der Waals surface area contributed by atoms with E-state index in [4.69, 9.17) is 4.74 Å². The molecule has 200 valence electrons. The van der Waals surface area contributed by atoms with Crippen molar-refractivity contribution in [1.29, 1.82) is 0 Å². The summed E-state index contributed by atoms with van der Waals surface area (Å²) in [6.45, 7) is 0. The van der Waals surface area contributed by atoms with Crippen molar-refractivity contribution in [2.45, 2.75) is 31.1 Å². The number of esters is 1. The van der Waals surface area contributed by atoms with E-state index in [-0.39, 0.29) is 22.6 Å². The zero-order valence-electron chi connectivity index (χ0n) is 19.3. The van der Waals surface area contributed by atoms with E-state index in [1.807, 2.05) is 0 Å². The number of nitrogens with zero attached hydrogens (tertiary/aromatic N) is 1. The molecule has 0 unspecified atom stereocenters. The first kappa shape index (κ1) is 28.8. The molecule has 0 aromatic heterocycles. The number of ether oxygens (including phenoxy) is 2. The molecule has 0 aliphatic carbocycles. The fourth-order valence-electron chi connectivity index (χ4n) is 3.22. The second kappa shape index (κ2) is 12.0. The molecule has 2 atom stereocenters. The number of phenols is 1. The maximum atomic E-state index is 13.6. The first-order valence-corrected chi connectivity index (χ1v) is 10.3. The van der Waals surface area contributed by atoms with Crippen LogP contribution in [0.25, 0.3) is 0 Å². The molecule has 11 nitrogen and oxygen atoms in total. The van der Waals surface area contributed by atoms with E-state index < -0.39 is 65.3 Å². The summed E-state index contributed by atoms with van der Waals surface area (Å²) in [5, 5.41) is 24.6. The topological polar surface area (TPSA) is 157 Å². The van der Waals surface area contributed by atoms with Gasteiger partial charge in [-0.2, -0.15) is 17.6 Å². The zero-order chi connectivity index (χ0) is 27.9. The van der Waals surface area contributed by atoms with Crippen LogP contribution < -0.4 is 15.4 Å². The maximum absolute atomic E-state index is 13.6. The number of phenolic OH excluding ortho intramolecular Hbond substituents is 1. The predicted octanol–water partition coefficient (Wildman–Crippen LogP) is 1.94. The summed E-state index contributed by atoms with van der Waals surface area (Å²) in [6, 6.07) is 2.96. The summed E-state index contributed by atoms with van der Waals surface area (Å²) in [5.41, 5.74) is -0.744. The Bertz CT molecular complexity index is 1190. The maximum Gasteiger partial charge on any atom is 0.471 e. The van der Waals surface area contributed by atoms with Gasteiger partial charge in [-0.25, -0.2) is 4.79 Å². The second-order valence-electron chi connectivity index (χ2n) is 7.57. The van der Waals surface area contributed by atoms with Gasteiger partial charge < -0.3 is 25.2 Å². The fraction of sp³-hybridized carbons (Fsp3) is 0.318. The minimum Gasteiger partial charge on any atom is -0.504 e. The van der Waals surface area contributed by atoms with Gasteiger partial charge in [0.05, 0.1) is 19.1 Å². The third kappa shape index (κ3) is 7.78. The lowest BCUT2D eigenvalue weighted by Gasteiger charge is -2.23. The highest BCUT2D eigenvalue weighted by molar-refractivity contribution is 5.92. The standard InChI is InChI=1S/C22H21F4N3O8/c1-36-18-6-4-12(10-17(18)30)7-14(28-21(33)22(24,25)26)19(31)27-15(20(32)37-2)8-11-3-5-13(23)16(9-11)29(34)35/h3-6,9-10,14-15,30H,7-8H2,1-2H3,(H,27,31)(H,28,33)/t14-,15-/m1/s1. The van der Waals surface area contributed by atoms with Gasteiger partial charge in [0.25, 0.3) is 0 Å². The van der Waals surface area contributed by atoms with Gasteiger partial charge in [0.2, 0.25) is 11.7 Å². The summed E-state index contributed by atoms with van der Waals surface area (Å²) < 4.78 is 61.7. The van der Waals surface area contributed by atoms with Gasteiger partial charge in [-0.3, -0.25) is 19.7 Å². The summed E-state index contributed by atoms with van der Waals surface area (Å²) in [4.78, 5) is 46.7. The van der Waals surface area contributed by atoms with E-state index in [1.54, 1.807) is 0 Å².